The Labute approximate surface area is 78.1 Å². The first kappa shape index (κ1) is 11.3. The second-order valence-electron chi connectivity index (χ2n) is 2.05. The minimum atomic E-state index is 0. The molecule has 2 aromatic rings. The minimum absolute atomic E-state index is 0. The standard InChI is InChI=1S/2C5H5N.N/c2*1-2-4-6-5-3-1;/h2*1-5H;. The van der Waals surface area contributed by atoms with Crippen molar-refractivity contribution in [1.29, 1.82) is 0 Å². The highest BCUT2D eigenvalue weighted by Gasteiger charge is 1.59. The normalized spacial score (nSPS) is 7.38. The molecule has 0 bridgehead atoms. The van der Waals surface area contributed by atoms with Crippen molar-refractivity contribution in [1.82, 2.24) is 16.1 Å². The molecular weight excluding hydrogens is 162 g/mol. The van der Waals surface area contributed by atoms with E-state index in [-0.39, 0.29) is 6.15 Å². The van der Waals surface area contributed by atoms with Crippen LogP contribution in [0.15, 0.2) is 61.2 Å². The molecule has 0 N–H and O–H groups in total. The summed E-state index contributed by atoms with van der Waals surface area (Å²) in [4.78, 5) is 7.57. The molecule has 65 valence electrons. The Morgan fingerprint density at radius 2 is 0.769 bits per heavy atom. The molecule has 2 aromatic heterocycles. The van der Waals surface area contributed by atoms with Gasteiger partial charge in [-0.1, -0.05) is 12.1 Å². The molecule has 2 heterocycles. The van der Waals surface area contributed by atoms with Gasteiger partial charge < -0.3 is 0 Å². The fourth-order valence-electron chi connectivity index (χ4n) is 0.625. The lowest BCUT2D eigenvalue weighted by molar-refractivity contribution is 1.33. The van der Waals surface area contributed by atoms with E-state index in [9.17, 15) is 0 Å². The van der Waals surface area contributed by atoms with Crippen LogP contribution in [0, 0.1) is 0 Å². The third-order valence-corrected chi connectivity index (χ3v) is 1.13. The van der Waals surface area contributed by atoms with E-state index in [0.29, 0.717) is 0 Å². The summed E-state index contributed by atoms with van der Waals surface area (Å²) in [5.74, 6) is 0. The SMILES string of the molecule is [N].c1ccncc1.c1ccncc1. The molecule has 0 unspecified atom stereocenters. The minimum Gasteiger partial charge on any atom is -0.265 e. The van der Waals surface area contributed by atoms with Gasteiger partial charge in [0.25, 0.3) is 0 Å². The molecule has 0 amide bonds. The van der Waals surface area contributed by atoms with Gasteiger partial charge in [0.1, 0.15) is 0 Å². The number of hydrogen-bond donors (Lipinski definition) is 0. The van der Waals surface area contributed by atoms with Crippen LogP contribution in [0.5, 0.6) is 0 Å². The Bertz CT molecular complexity index is 186. The van der Waals surface area contributed by atoms with E-state index in [2.05, 4.69) is 9.97 Å². The van der Waals surface area contributed by atoms with Gasteiger partial charge >= 0.3 is 0 Å². The Morgan fingerprint density at radius 3 is 0.846 bits per heavy atom. The maximum absolute atomic E-state index is 3.78. The second-order valence-corrected chi connectivity index (χ2v) is 2.05. The predicted molar refractivity (Wildman–Crippen MR) is 50.6 cm³/mol. The van der Waals surface area contributed by atoms with Crippen LogP contribution >= 0.6 is 0 Å². The average Bonchev–Trinajstić information content (AvgIpc) is 2.24. The van der Waals surface area contributed by atoms with E-state index < -0.39 is 0 Å². The summed E-state index contributed by atoms with van der Waals surface area (Å²) in [5, 5.41) is 0. The molecule has 0 aromatic carbocycles. The quantitative estimate of drug-likeness (QED) is 0.607. The zero-order valence-corrected chi connectivity index (χ0v) is 7.12. The Balaban J connectivity index is 0.000000206. The van der Waals surface area contributed by atoms with Crippen molar-refractivity contribution in [2.45, 2.75) is 0 Å². The molecule has 0 aliphatic rings. The number of pyridine rings is 2. The van der Waals surface area contributed by atoms with E-state index in [1.807, 2.05) is 36.4 Å². The summed E-state index contributed by atoms with van der Waals surface area (Å²) in [7, 11) is 0. The van der Waals surface area contributed by atoms with Crippen molar-refractivity contribution in [3.05, 3.63) is 61.2 Å². The fraction of sp³-hybridized carbons (Fsp3) is 0. The molecule has 13 heavy (non-hydrogen) atoms. The van der Waals surface area contributed by atoms with E-state index >= 15 is 0 Å². The van der Waals surface area contributed by atoms with Crippen molar-refractivity contribution < 1.29 is 0 Å². The molecule has 3 radical (unpaired) electrons. The van der Waals surface area contributed by atoms with Crippen LogP contribution in [0.1, 0.15) is 0 Å². The zero-order valence-electron chi connectivity index (χ0n) is 7.12. The Kier molecular flexibility index (Phi) is 7.24. The maximum atomic E-state index is 3.78. The first-order chi connectivity index (χ1) is 6.00. The highest BCUT2D eigenvalue weighted by Crippen LogP contribution is 1.74. The lowest BCUT2D eigenvalue weighted by Gasteiger charge is -1.70. The molecular formula is C10H10N3. The average molecular weight is 172 g/mol. The summed E-state index contributed by atoms with van der Waals surface area (Å²) >= 11 is 0. The van der Waals surface area contributed by atoms with Crippen molar-refractivity contribution in [2.24, 2.45) is 0 Å². The van der Waals surface area contributed by atoms with E-state index in [4.69, 9.17) is 0 Å². The molecule has 3 nitrogen and oxygen atoms in total. The summed E-state index contributed by atoms with van der Waals surface area (Å²) < 4.78 is 0. The van der Waals surface area contributed by atoms with E-state index in [0.717, 1.165) is 0 Å². The second kappa shape index (κ2) is 8.36. The number of rotatable bonds is 0. The monoisotopic (exact) mass is 172 g/mol. The topological polar surface area (TPSA) is 56.3 Å². The lowest BCUT2D eigenvalue weighted by atomic mass is 10.5. The van der Waals surface area contributed by atoms with Crippen molar-refractivity contribution in [2.75, 3.05) is 0 Å². The van der Waals surface area contributed by atoms with Crippen molar-refractivity contribution in [3.8, 4) is 0 Å². The number of nitrogens with zero attached hydrogens (tertiary/aromatic N) is 3. The van der Waals surface area contributed by atoms with Crippen LogP contribution < -0.4 is 6.15 Å². The fourth-order valence-corrected chi connectivity index (χ4v) is 0.625. The zero-order chi connectivity index (χ0) is 8.49. The van der Waals surface area contributed by atoms with Crippen LogP contribution in [0.2, 0.25) is 0 Å². The van der Waals surface area contributed by atoms with Gasteiger partial charge in [-0.3, -0.25) is 9.97 Å². The van der Waals surface area contributed by atoms with Crippen LogP contribution in [0.4, 0.5) is 0 Å². The van der Waals surface area contributed by atoms with Gasteiger partial charge in [-0.05, 0) is 24.3 Å². The number of hydrogen-bond acceptors (Lipinski definition) is 2. The Morgan fingerprint density at radius 1 is 0.462 bits per heavy atom. The van der Waals surface area contributed by atoms with Gasteiger partial charge in [-0.25, -0.2) is 0 Å². The first-order valence-electron chi connectivity index (χ1n) is 3.70. The van der Waals surface area contributed by atoms with Crippen molar-refractivity contribution in [3.63, 3.8) is 0 Å². The van der Waals surface area contributed by atoms with Crippen LogP contribution in [0.3, 0.4) is 0 Å². The summed E-state index contributed by atoms with van der Waals surface area (Å²) in [6, 6.07) is 11.4. The lowest BCUT2D eigenvalue weighted by Crippen LogP contribution is -1.58. The van der Waals surface area contributed by atoms with E-state index in [1.165, 1.54) is 0 Å². The van der Waals surface area contributed by atoms with Gasteiger partial charge in [0.15, 0.2) is 0 Å². The number of aromatic nitrogens is 2. The van der Waals surface area contributed by atoms with Crippen molar-refractivity contribution >= 4 is 0 Å². The molecule has 0 aliphatic carbocycles. The van der Waals surface area contributed by atoms with Gasteiger partial charge in [-0.15, -0.1) is 0 Å². The Hall–Kier alpha value is -1.74. The van der Waals surface area contributed by atoms with Crippen LogP contribution in [-0.2, 0) is 0 Å². The van der Waals surface area contributed by atoms with Gasteiger partial charge in [0, 0.05) is 30.9 Å². The highest BCUT2D eigenvalue weighted by molar-refractivity contribution is 4.88. The molecule has 0 spiro atoms. The van der Waals surface area contributed by atoms with Crippen LogP contribution in [0.25, 0.3) is 0 Å². The summed E-state index contributed by atoms with van der Waals surface area (Å²) in [6.07, 6.45) is 7.00. The maximum Gasteiger partial charge on any atom is 0.0267 e. The molecule has 0 fully saturated rings. The largest absolute Gasteiger partial charge is 0.265 e. The molecule has 0 atom stereocenters. The third-order valence-electron chi connectivity index (χ3n) is 1.13. The summed E-state index contributed by atoms with van der Waals surface area (Å²) in [5.41, 5.74) is 0. The van der Waals surface area contributed by atoms with E-state index in [1.54, 1.807) is 24.8 Å². The van der Waals surface area contributed by atoms with Crippen LogP contribution in [-0.4, -0.2) is 9.97 Å². The molecule has 0 aliphatic heterocycles. The molecule has 0 saturated carbocycles. The molecule has 3 heteroatoms. The van der Waals surface area contributed by atoms with Gasteiger partial charge in [-0.2, -0.15) is 0 Å². The highest BCUT2D eigenvalue weighted by atomic mass is 14.6. The molecule has 0 saturated heterocycles. The predicted octanol–water partition coefficient (Wildman–Crippen LogP) is 1.68. The van der Waals surface area contributed by atoms with Gasteiger partial charge in [0.05, 0.1) is 0 Å². The first-order valence-corrected chi connectivity index (χ1v) is 3.70. The molecule has 2 rings (SSSR count). The third kappa shape index (κ3) is 6.65. The summed E-state index contributed by atoms with van der Waals surface area (Å²) in [6.45, 7) is 0. The smallest absolute Gasteiger partial charge is 0.0267 e. The van der Waals surface area contributed by atoms with Gasteiger partial charge in [0.2, 0.25) is 0 Å².